The fourth-order valence-corrected chi connectivity index (χ4v) is 3.71. The second-order valence-corrected chi connectivity index (χ2v) is 7.23. The van der Waals surface area contributed by atoms with Crippen LogP contribution < -0.4 is 5.32 Å². The maximum atomic E-state index is 12.6. The summed E-state index contributed by atoms with van der Waals surface area (Å²) in [6, 6.07) is 7.66. The van der Waals surface area contributed by atoms with Crippen LogP contribution in [0.5, 0.6) is 0 Å². The summed E-state index contributed by atoms with van der Waals surface area (Å²) in [4.78, 5) is 18.1. The second kappa shape index (κ2) is 8.41. The SMILES string of the molecule is CCC(COC)NC(=O)c1ccc(SSC)c2ncccc12. The minimum Gasteiger partial charge on any atom is -0.383 e. The van der Waals surface area contributed by atoms with E-state index in [4.69, 9.17) is 4.74 Å². The van der Waals surface area contributed by atoms with Crippen LogP contribution in [0.1, 0.15) is 23.7 Å². The molecule has 1 amide bonds. The second-order valence-electron chi connectivity index (χ2n) is 4.79. The fourth-order valence-electron chi connectivity index (χ4n) is 2.23. The van der Waals surface area contributed by atoms with E-state index in [9.17, 15) is 4.79 Å². The maximum Gasteiger partial charge on any atom is 0.252 e. The number of methoxy groups -OCH3 is 1. The van der Waals surface area contributed by atoms with Crippen molar-refractivity contribution in [3.05, 3.63) is 36.0 Å². The standard InChI is InChI=1S/C16H20N2O2S2/c1-4-11(10-20-2)18-16(19)13-7-8-14(22-21-3)15-12(13)6-5-9-17-15/h5-9,11H,4,10H2,1-3H3,(H,18,19). The molecule has 1 aromatic carbocycles. The number of nitrogens with zero attached hydrogens (tertiary/aromatic N) is 1. The van der Waals surface area contributed by atoms with Crippen molar-refractivity contribution >= 4 is 38.4 Å². The molecule has 0 saturated carbocycles. The molecule has 1 heterocycles. The van der Waals surface area contributed by atoms with Gasteiger partial charge < -0.3 is 10.1 Å². The number of fused-ring (bicyclic) bond motifs is 1. The van der Waals surface area contributed by atoms with Crippen molar-refractivity contribution in [2.75, 3.05) is 20.0 Å². The lowest BCUT2D eigenvalue weighted by Crippen LogP contribution is -2.37. The van der Waals surface area contributed by atoms with Gasteiger partial charge in [-0.05, 0) is 30.9 Å². The number of carbonyl (C=O) groups excluding carboxylic acids is 1. The topological polar surface area (TPSA) is 51.2 Å². The quantitative estimate of drug-likeness (QED) is 0.780. The van der Waals surface area contributed by atoms with Gasteiger partial charge in [0.25, 0.3) is 5.91 Å². The molecule has 2 rings (SSSR count). The molecule has 2 aromatic rings. The van der Waals surface area contributed by atoms with E-state index in [0.717, 1.165) is 22.2 Å². The Labute approximate surface area is 138 Å². The molecule has 1 N–H and O–H groups in total. The van der Waals surface area contributed by atoms with E-state index >= 15 is 0 Å². The van der Waals surface area contributed by atoms with Gasteiger partial charge in [-0.3, -0.25) is 9.78 Å². The Balaban J connectivity index is 2.35. The fraction of sp³-hybridized carbons (Fsp3) is 0.375. The van der Waals surface area contributed by atoms with Crippen LogP contribution >= 0.6 is 21.6 Å². The number of aromatic nitrogens is 1. The lowest BCUT2D eigenvalue weighted by molar-refractivity contribution is 0.0896. The molecule has 0 aliphatic carbocycles. The first-order chi connectivity index (χ1) is 10.7. The minimum atomic E-state index is -0.0809. The molecule has 118 valence electrons. The van der Waals surface area contributed by atoms with E-state index in [-0.39, 0.29) is 11.9 Å². The lowest BCUT2D eigenvalue weighted by Gasteiger charge is -2.17. The predicted octanol–water partition coefficient (Wildman–Crippen LogP) is 3.76. The van der Waals surface area contributed by atoms with Gasteiger partial charge in [-0.15, -0.1) is 0 Å². The molecule has 6 heteroatoms. The van der Waals surface area contributed by atoms with Gasteiger partial charge >= 0.3 is 0 Å². The number of nitrogens with one attached hydrogen (secondary N) is 1. The Morgan fingerprint density at radius 2 is 2.23 bits per heavy atom. The molecule has 0 aliphatic rings. The molecule has 0 radical (unpaired) electrons. The highest BCUT2D eigenvalue weighted by molar-refractivity contribution is 8.76. The average molecular weight is 336 g/mol. The summed E-state index contributed by atoms with van der Waals surface area (Å²) >= 11 is 0. The van der Waals surface area contributed by atoms with Crippen LogP contribution in [0, 0.1) is 0 Å². The van der Waals surface area contributed by atoms with Crippen molar-refractivity contribution < 1.29 is 9.53 Å². The third kappa shape index (κ3) is 3.94. The molecule has 0 aliphatic heterocycles. The van der Waals surface area contributed by atoms with Crippen LogP contribution in [0.25, 0.3) is 10.9 Å². The zero-order valence-corrected chi connectivity index (χ0v) is 14.6. The first kappa shape index (κ1) is 17.1. The van der Waals surface area contributed by atoms with Gasteiger partial charge in [0.1, 0.15) is 0 Å². The smallest absolute Gasteiger partial charge is 0.252 e. The number of hydrogen-bond acceptors (Lipinski definition) is 5. The van der Waals surface area contributed by atoms with Gasteiger partial charge in [0.15, 0.2) is 0 Å². The van der Waals surface area contributed by atoms with Crippen LogP contribution in [0.2, 0.25) is 0 Å². The van der Waals surface area contributed by atoms with Gasteiger partial charge in [0, 0.05) is 29.2 Å². The molecule has 0 spiro atoms. The van der Waals surface area contributed by atoms with Gasteiger partial charge in [0.2, 0.25) is 0 Å². The van der Waals surface area contributed by atoms with Crippen molar-refractivity contribution in [3.8, 4) is 0 Å². The first-order valence-corrected chi connectivity index (χ1v) is 9.65. The lowest BCUT2D eigenvalue weighted by atomic mass is 10.1. The Hall–Kier alpha value is -1.24. The zero-order chi connectivity index (χ0) is 15.9. The number of benzene rings is 1. The molecule has 0 fully saturated rings. The van der Waals surface area contributed by atoms with E-state index in [2.05, 4.69) is 10.3 Å². The Morgan fingerprint density at radius 3 is 2.91 bits per heavy atom. The molecule has 1 aromatic heterocycles. The van der Waals surface area contributed by atoms with Crippen LogP contribution in [0.4, 0.5) is 0 Å². The molecular formula is C16H20N2O2S2. The minimum absolute atomic E-state index is 0.0180. The van der Waals surface area contributed by atoms with Crippen LogP contribution in [0.15, 0.2) is 35.4 Å². The number of amides is 1. The highest BCUT2D eigenvalue weighted by Gasteiger charge is 2.16. The Kier molecular flexibility index (Phi) is 6.54. The molecular weight excluding hydrogens is 316 g/mol. The highest BCUT2D eigenvalue weighted by atomic mass is 33.1. The predicted molar refractivity (Wildman–Crippen MR) is 94.5 cm³/mol. The number of hydrogen-bond donors (Lipinski definition) is 1. The summed E-state index contributed by atoms with van der Waals surface area (Å²) in [6.45, 7) is 2.54. The molecule has 1 unspecified atom stereocenters. The van der Waals surface area contributed by atoms with E-state index in [0.29, 0.717) is 12.2 Å². The molecule has 1 atom stereocenters. The maximum absolute atomic E-state index is 12.6. The zero-order valence-electron chi connectivity index (χ0n) is 13.0. The van der Waals surface area contributed by atoms with E-state index in [1.807, 2.05) is 37.4 Å². The van der Waals surface area contributed by atoms with Crippen LogP contribution in [-0.2, 0) is 4.74 Å². The van der Waals surface area contributed by atoms with Gasteiger partial charge in [0.05, 0.1) is 18.2 Å². The van der Waals surface area contributed by atoms with E-state index in [1.54, 1.807) is 34.9 Å². The van der Waals surface area contributed by atoms with E-state index in [1.165, 1.54) is 0 Å². The third-order valence-electron chi connectivity index (χ3n) is 3.35. The molecule has 0 saturated heterocycles. The van der Waals surface area contributed by atoms with Gasteiger partial charge in [-0.2, -0.15) is 0 Å². The van der Waals surface area contributed by atoms with Crippen molar-refractivity contribution in [3.63, 3.8) is 0 Å². The average Bonchev–Trinajstić information content (AvgIpc) is 2.54. The number of ether oxygens (including phenoxy) is 1. The number of pyridine rings is 1. The summed E-state index contributed by atoms with van der Waals surface area (Å²) < 4.78 is 5.14. The summed E-state index contributed by atoms with van der Waals surface area (Å²) in [6.07, 6.45) is 4.61. The Morgan fingerprint density at radius 1 is 1.41 bits per heavy atom. The van der Waals surface area contributed by atoms with Crippen molar-refractivity contribution in [1.29, 1.82) is 0 Å². The van der Waals surface area contributed by atoms with Crippen molar-refractivity contribution in [2.45, 2.75) is 24.3 Å². The number of rotatable bonds is 7. The Bertz CT molecular complexity index is 649. The molecule has 0 bridgehead atoms. The largest absolute Gasteiger partial charge is 0.383 e. The monoisotopic (exact) mass is 336 g/mol. The van der Waals surface area contributed by atoms with Crippen LogP contribution in [-0.4, -0.2) is 36.9 Å². The summed E-state index contributed by atoms with van der Waals surface area (Å²) in [5.41, 5.74) is 1.53. The number of carbonyl (C=O) groups is 1. The van der Waals surface area contributed by atoms with Crippen LogP contribution in [0.3, 0.4) is 0 Å². The normalized spacial score (nSPS) is 12.3. The van der Waals surface area contributed by atoms with Crippen molar-refractivity contribution in [2.24, 2.45) is 0 Å². The van der Waals surface area contributed by atoms with E-state index < -0.39 is 0 Å². The summed E-state index contributed by atoms with van der Waals surface area (Å²) in [5, 5.41) is 3.90. The molecule has 22 heavy (non-hydrogen) atoms. The first-order valence-electron chi connectivity index (χ1n) is 7.09. The molecule has 4 nitrogen and oxygen atoms in total. The summed E-state index contributed by atoms with van der Waals surface area (Å²) in [5.74, 6) is -0.0809. The van der Waals surface area contributed by atoms with Crippen molar-refractivity contribution in [1.82, 2.24) is 10.3 Å². The summed E-state index contributed by atoms with van der Waals surface area (Å²) in [7, 11) is 4.96. The van der Waals surface area contributed by atoms with Gasteiger partial charge in [-0.1, -0.05) is 34.6 Å². The third-order valence-corrected chi connectivity index (χ3v) is 5.06. The van der Waals surface area contributed by atoms with Gasteiger partial charge in [-0.25, -0.2) is 0 Å². The highest BCUT2D eigenvalue weighted by Crippen LogP contribution is 2.34.